The van der Waals surface area contributed by atoms with Crippen LogP contribution in [-0.2, 0) is 46.7 Å². The molecular formula is C97H103N9O3. The van der Waals surface area contributed by atoms with Gasteiger partial charge in [-0.1, -0.05) is 170 Å². The standard InChI is InChI=1S/C35H37N3O.C32H31N3O.C30H35N3O/c1-22-15-23(2)32(24(3)16-22)31-20-26(30(21-36)37-8)19-27(39-31)10-9-25-17-28-33-29(18-25)35(6,7)12-14-38(33)13-11-34(28,4)5;1-31(2)13-15-35-16-14-32(3,4)27-18-22(17-26(31)30(27)35)11-12-25-19-24(28(21-33)34-5)20-29(36-25)23-9-7-6-8-10-23;1-28(2,3)26-18-21(25(19-31)32-8)17-22(34-26)10-9-20-15-23-27-24(16-20)30(6,7)12-14-33(27)13-11-29(23,4)5/h9-10,15-20H,11-14H2,1-7H3;6-12,17-20H,13-16H2,1-4H3;9-10,15-18H,11-14H2,1-7H3/b10-9+,30-26+;12-11+,28-24+;10-9+,25-21+. The molecule has 0 radical (unpaired) electrons. The first-order chi connectivity index (χ1) is 51.5. The molecule has 0 spiro atoms. The molecule has 554 valence electrons. The molecule has 14 rings (SSSR count). The Labute approximate surface area is 648 Å². The summed E-state index contributed by atoms with van der Waals surface area (Å²) in [6.07, 6.45) is 29.9. The lowest BCUT2D eigenvalue weighted by molar-refractivity contribution is 0.223. The highest BCUT2D eigenvalue weighted by molar-refractivity contribution is 5.78. The van der Waals surface area contributed by atoms with E-state index < -0.39 is 0 Å². The molecule has 0 unspecified atom stereocenters. The topological polar surface area (TPSA) is 122 Å². The van der Waals surface area contributed by atoms with Crippen LogP contribution in [-0.4, -0.2) is 39.3 Å². The van der Waals surface area contributed by atoms with E-state index in [4.69, 9.17) is 33.9 Å². The molecule has 12 nitrogen and oxygen atoms in total. The van der Waals surface area contributed by atoms with Gasteiger partial charge in [0.15, 0.2) is 0 Å². The second-order valence-corrected chi connectivity index (χ2v) is 35.6. The summed E-state index contributed by atoms with van der Waals surface area (Å²) in [5.74, 6) is 3.91. The molecule has 9 heterocycles. The van der Waals surface area contributed by atoms with E-state index in [-0.39, 0.29) is 55.0 Å². The molecule has 0 aliphatic carbocycles. The van der Waals surface area contributed by atoms with Gasteiger partial charge in [-0.05, 0) is 261 Å². The van der Waals surface area contributed by atoms with E-state index >= 15 is 0 Å². The highest BCUT2D eigenvalue weighted by atomic mass is 16.5. The Kier molecular flexibility index (Phi) is 21.1. The first-order valence-corrected chi connectivity index (χ1v) is 38.4. The van der Waals surface area contributed by atoms with Crippen LogP contribution in [0.3, 0.4) is 0 Å². The molecule has 109 heavy (non-hydrogen) atoms. The first-order valence-electron chi connectivity index (χ1n) is 38.4. The number of nitrogens with zero attached hydrogens (tertiary/aromatic N) is 9. The first kappa shape index (κ1) is 77.3. The lowest BCUT2D eigenvalue weighted by Gasteiger charge is -2.48. The molecule has 0 amide bonds. The molecular weight excluding hydrogens is 1340 g/mol. The number of hydrogen-bond acceptors (Lipinski definition) is 9. The van der Waals surface area contributed by atoms with Crippen molar-refractivity contribution < 1.29 is 14.2 Å². The Morgan fingerprint density at radius 3 is 1.00 bits per heavy atom. The maximum atomic E-state index is 9.63. The fourth-order valence-electron chi connectivity index (χ4n) is 16.7. The molecule has 0 fully saturated rings. The lowest BCUT2D eigenvalue weighted by Crippen LogP contribution is -2.44. The Morgan fingerprint density at radius 1 is 0.404 bits per heavy atom. The fraction of sp³-hybridized carbons (Fsp3) is 0.381. The van der Waals surface area contributed by atoms with Crippen LogP contribution in [0.15, 0.2) is 190 Å². The molecule has 0 atom stereocenters. The van der Waals surface area contributed by atoms with Gasteiger partial charge in [0.2, 0.25) is 0 Å². The van der Waals surface area contributed by atoms with Gasteiger partial charge in [-0.3, -0.25) is 0 Å². The Balaban J connectivity index is 0.000000153. The van der Waals surface area contributed by atoms with Crippen molar-refractivity contribution in [3.8, 4) is 18.2 Å². The normalized spacial score (nSPS) is 21.0. The molecule has 9 aliphatic rings. The molecule has 0 bridgehead atoms. The average Bonchev–Trinajstić information content (AvgIpc) is 0.740. The highest BCUT2D eigenvalue weighted by Crippen LogP contribution is 2.53. The van der Waals surface area contributed by atoms with Crippen molar-refractivity contribution in [2.75, 3.05) is 54.0 Å². The maximum absolute atomic E-state index is 9.63. The maximum Gasteiger partial charge on any atom is 0.269 e. The van der Waals surface area contributed by atoms with Gasteiger partial charge in [-0.2, -0.15) is 0 Å². The van der Waals surface area contributed by atoms with Crippen molar-refractivity contribution in [3.05, 3.63) is 303 Å². The van der Waals surface area contributed by atoms with Crippen molar-refractivity contribution >= 4 is 46.8 Å². The minimum Gasteiger partial charge on any atom is -0.461 e. The van der Waals surface area contributed by atoms with Gasteiger partial charge in [0, 0.05) is 72.9 Å². The fourth-order valence-corrected chi connectivity index (χ4v) is 16.7. The Hall–Kier alpha value is -11.3. The lowest BCUT2D eigenvalue weighted by atomic mass is 9.69. The third-order valence-corrected chi connectivity index (χ3v) is 23.7. The zero-order valence-electron chi connectivity index (χ0n) is 67.2. The summed E-state index contributed by atoms with van der Waals surface area (Å²) in [6, 6.07) is 34.1. The van der Waals surface area contributed by atoms with E-state index in [0.717, 1.165) is 122 Å². The number of hydrogen-bond donors (Lipinski definition) is 0. The highest BCUT2D eigenvalue weighted by Gasteiger charge is 2.44. The van der Waals surface area contributed by atoms with E-state index in [1.54, 1.807) is 24.3 Å². The third-order valence-electron chi connectivity index (χ3n) is 23.7. The Bertz CT molecular complexity index is 5080. The van der Waals surface area contributed by atoms with E-state index in [1.165, 1.54) is 56.0 Å². The molecule has 0 N–H and O–H groups in total. The second-order valence-electron chi connectivity index (χ2n) is 35.6. The molecule has 0 saturated carbocycles. The van der Waals surface area contributed by atoms with E-state index in [0.29, 0.717) is 45.5 Å². The quantitative estimate of drug-likeness (QED) is 0.110. The van der Waals surface area contributed by atoms with E-state index in [1.807, 2.05) is 72.9 Å². The predicted octanol–water partition coefficient (Wildman–Crippen LogP) is 23.4. The predicted molar refractivity (Wildman–Crippen MR) is 445 cm³/mol. The average molecular weight is 1440 g/mol. The largest absolute Gasteiger partial charge is 0.461 e. The van der Waals surface area contributed by atoms with Gasteiger partial charge < -0.3 is 28.9 Å². The monoisotopic (exact) mass is 1440 g/mol. The van der Waals surface area contributed by atoms with Gasteiger partial charge in [-0.25, -0.2) is 30.3 Å². The summed E-state index contributed by atoms with van der Waals surface area (Å²) in [5, 5.41) is 28.5. The minimum atomic E-state index is -0.241. The van der Waals surface area contributed by atoms with Crippen molar-refractivity contribution in [3.63, 3.8) is 0 Å². The zero-order valence-corrected chi connectivity index (χ0v) is 67.2. The number of rotatable bonds is 8. The van der Waals surface area contributed by atoms with Crippen LogP contribution in [0.1, 0.15) is 220 Å². The van der Waals surface area contributed by atoms with Crippen LogP contribution >= 0.6 is 0 Å². The molecule has 0 aromatic heterocycles. The number of aryl methyl sites for hydroxylation is 3. The smallest absolute Gasteiger partial charge is 0.269 e. The summed E-state index contributed by atoms with van der Waals surface area (Å²) in [6.45, 7) is 69.7. The van der Waals surface area contributed by atoms with Gasteiger partial charge in [0.25, 0.3) is 17.1 Å². The summed E-state index contributed by atoms with van der Waals surface area (Å²) in [4.78, 5) is 18.0. The van der Waals surface area contributed by atoms with Gasteiger partial charge in [0.05, 0.1) is 37.9 Å². The zero-order chi connectivity index (χ0) is 78.5. The summed E-state index contributed by atoms with van der Waals surface area (Å²) < 4.78 is 18.9. The molecule has 5 aromatic carbocycles. The van der Waals surface area contributed by atoms with E-state index in [9.17, 15) is 15.8 Å². The summed E-state index contributed by atoms with van der Waals surface area (Å²) in [7, 11) is 0. The number of allylic oxidation sites excluding steroid dienone is 16. The van der Waals surface area contributed by atoms with Crippen LogP contribution < -0.4 is 14.7 Å². The molecule has 0 saturated heterocycles. The number of benzene rings is 5. The second kappa shape index (κ2) is 29.7. The summed E-state index contributed by atoms with van der Waals surface area (Å²) in [5.41, 5.74) is 24.0. The SMILES string of the molecule is [C-]#[N+]/C(C#N)=C1C=C(/C=C/c2cc3c4c(c2)C(C)(C)CCN4CCC3(C)C)OC(C(C)(C)C)=C\1.[C-]#[N+]/C(C#N)=C1C=C(/C=C/c2cc3c4c(c2)C(C)(C)CCN4CCC3(C)C)OC(c2c(C)cc(C)cc2C)=C\1.[C-]#[N+]/C(C#N)=C1C=C(/C=C/c2cc3c4c(c2)C(C)(C)CCN4CCC3(C)C)OC(c2ccccc2)=C\1. The van der Waals surface area contributed by atoms with Crippen molar-refractivity contribution in [2.24, 2.45) is 5.41 Å². The number of ether oxygens (including phenoxy) is 3. The van der Waals surface area contributed by atoms with Crippen molar-refractivity contribution in [2.45, 2.75) is 196 Å². The van der Waals surface area contributed by atoms with Crippen LogP contribution in [0, 0.1) is 79.9 Å². The van der Waals surface area contributed by atoms with E-state index in [2.05, 4.69) is 227 Å². The van der Waals surface area contributed by atoms with Crippen LogP contribution in [0.4, 0.5) is 17.1 Å². The summed E-state index contributed by atoms with van der Waals surface area (Å²) >= 11 is 0. The van der Waals surface area contributed by atoms with Gasteiger partial charge in [0.1, 0.15) is 34.6 Å². The molecule has 9 aliphatic heterocycles. The Morgan fingerprint density at radius 2 is 0.697 bits per heavy atom. The van der Waals surface area contributed by atoms with Gasteiger partial charge in [-0.15, -0.1) is 0 Å². The van der Waals surface area contributed by atoms with Crippen LogP contribution in [0.25, 0.3) is 44.3 Å². The van der Waals surface area contributed by atoms with Crippen LogP contribution in [0.5, 0.6) is 0 Å². The number of anilines is 3. The van der Waals surface area contributed by atoms with Crippen LogP contribution in [0.2, 0.25) is 0 Å². The third kappa shape index (κ3) is 15.9. The molecule has 5 aromatic rings. The van der Waals surface area contributed by atoms with Crippen molar-refractivity contribution in [1.29, 1.82) is 15.8 Å². The van der Waals surface area contributed by atoms with Crippen molar-refractivity contribution in [1.82, 2.24) is 0 Å². The number of nitriles is 3. The molecule has 12 heteroatoms. The van der Waals surface area contributed by atoms with Gasteiger partial charge >= 0.3 is 0 Å². The minimum absolute atomic E-state index is 0.0550.